The van der Waals surface area contributed by atoms with Crippen molar-refractivity contribution in [2.75, 3.05) is 11.9 Å². The van der Waals surface area contributed by atoms with Gasteiger partial charge in [-0.2, -0.15) is 0 Å². The van der Waals surface area contributed by atoms with Gasteiger partial charge < -0.3 is 10.6 Å². The fourth-order valence-corrected chi connectivity index (χ4v) is 1.96. The van der Waals surface area contributed by atoms with Crippen molar-refractivity contribution < 1.29 is 9.59 Å². The van der Waals surface area contributed by atoms with Crippen LogP contribution in [0.25, 0.3) is 0 Å². The van der Waals surface area contributed by atoms with Crippen LogP contribution in [0.5, 0.6) is 0 Å². The first kappa shape index (κ1) is 14.8. The lowest BCUT2D eigenvalue weighted by Crippen LogP contribution is -2.33. The average Bonchev–Trinajstić information content (AvgIpc) is 2.47. The molecule has 0 bridgehead atoms. The number of carbonyl (C=O) groups is 2. The second kappa shape index (κ2) is 6.70. The molecule has 2 rings (SSSR count). The lowest BCUT2D eigenvalue weighted by atomic mass is 10.1. The summed E-state index contributed by atoms with van der Waals surface area (Å²) in [5.74, 6) is -0.496. The number of benzene rings is 2. The average molecular weight is 282 g/mol. The molecule has 2 aromatic carbocycles. The number of nitrogens with one attached hydrogen (secondary N) is 2. The number of hydrogen-bond donors (Lipinski definition) is 2. The highest BCUT2D eigenvalue weighted by Crippen LogP contribution is 2.12. The van der Waals surface area contributed by atoms with Crippen LogP contribution in [0.3, 0.4) is 0 Å². The number of carbonyl (C=O) groups excluding carboxylic acids is 2. The number of para-hydroxylation sites is 1. The van der Waals surface area contributed by atoms with Crippen molar-refractivity contribution in [3.63, 3.8) is 0 Å². The Hall–Kier alpha value is -2.62. The molecule has 0 aliphatic rings. The van der Waals surface area contributed by atoms with E-state index in [9.17, 15) is 9.59 Å². The van der Waals surface area contributed by atoms with Gasteiger partial charge in [0.25, 0.3) is 5.91 Å². The van der Waals surface area contributed by atoms with Crippen LogP contribution in [0.2, 0.25) is 0 Å². The first-order valence-electron chi connectivity index (χ1n) is 6.76. The molecule has 0 aromatic heterocycles. The van der Waals surface area contributed by atoms with Crippen molar-refractivity contribution in [3.05, 3.63) is 65.2 Å². The van der Waals surface area contributed by atoms with Crippen molar-refractivity contribution in [3.8, 4) is 0 Å². The van der Waals surface area contributed by atoms with E-state index in [1.165, 1.54) is 0 Å². The Morgan fingerprint density at radius 3 is 2.48 bits per heavy atom. The van der Waals surface area contributed by atoms with Gasteiger partial charge in [-0.15, -0.1) is 0 Å². The third-order valence-corrected chi connectivity index (χ3v) is 3.11. The number of hydrogen-bond acceptors (Lipinski definition) is 2. The smallest absolute Gasteiger partial charge is 0.251 e. The zero-order chi connectivity index (χ0) is 15.2. The highest BCUT2D eigenvalue weighted by Gasteiger charge is 2.08. The van der Waals surface area contributed by atoms with Crippen LogP contribution >= 0.6 is 0 Å². The van der Waals surface area contributed by atoms with Gasteiger partial charge in [0.1, 0.15) is 0 Å². The Balaban J connectivity index is 1.90. The summed E-state index contributed by atoms with van der Waals surface area (Å²) in [6, 6.07) is 14.8. The summed E-state index contributed by atoms with van der Waals surface area (Å²) in [7, 11) is 0. The Labute approximate surface area is 124 Å². The van der Waals surface area contributed by atoms with Crippen LogP contribution in [0, 0.1) is 13.8 Å². The van der Waals surface area contributed by atoms with Gasteiger partial charge in [-0.05, 0) is 37.6 Å². The molecule has 0 aliphatic heterocycles. The third kappa shape index (κ3) is 4.18. The number of rotatable bonds is 4. The quantitative estimate of drug-likeness (QED) is 0.905. The summed E-state index contributed by atoms with van der Waals surface area (Å²) in [6.45, 7) is 3.78. The first-order valence-corrected chi connectivity index (χ1v) is 6.76. The topological polar surface area (TPSA) is 58.2 Å². The van der Waals surface area contributed by atoms with E-state index >= 15 is 0 Å². The summed E-state index contributed by atoms with van der Waals surface area (Å²) < 4.78 is 0. The van der Waals surface area contributed by atoms with Crippen LogP contribution in [-0.2, 0) is 4.79 Å². The summed E-state index contributed by atoms with van der Waals surface area (Å²) in [6.07, 6.45) is 0. The molecule has 0 atom stereocenters. The van der Waals surface area contributed by atoms with Crippen LogP contribution < -0.4 is 10.6 Å². The molecule has 108 valence electrons. The van der Waals surface area contributed by atoms with Crippen molar-refractivity contribution in [1.29, 1.82) is 0 Å². The molecule has 2 aromatic rings. The highest BCUT2D eigenvalue weighted by molar-refractivity contribution is 5.99. The molecule has 4 nitrogen and oxygen atoms in total. The molecule has 2 amide bonds. The van der Waals surface area contributed by atoms with Gasteiger partial charge in [-0.1, -0.05) is 35.9 Å². The Morgan fingerprint density at radius 1 is 1.00 bits per heavy atom. The maximum Gasteiger partial charge on any atom is 0.251 e. The van der Waals surface area contributed by atoms with Gasteiger partial charge in [0.05, 0.1) is 6.54 Å². The molecule has 0 unspecified atom stereocenters. The van der Waals surface area contributed by atoms with E-state index in [1.807, 2.05) is 50.2 Å². The minimum absolute atomic E-state index is 0.0545. The van der Waals surface area contributed by atoms with Crippen molar-refractivity contribution >= 4 is 17.5 Å². The second-order valence-corrected chi connectivity index (χ2v) is 4.92. The third-order valence-electron chi connectivity index (χ3n) is 3.11. The predicted octanol–water partition coefficient (Wildman–Crippen LogP) is 2.67. The summed E-state index contributed by atoms with van der Waals surface area (Å²) in [5, 5.41) is 5.39. The standard InChI is InChI=1S/C17H18N2O2/c1-12-6-5-8-14(10-12)17(21)18-11-16(20)19-15-9-4-3-7-13(15)2/h3-10H,11H2,1-2H3,(H,18,21)(H,19,20). The van der Waals surface area contributed by atoms with Gasteiger partial charge in [0.15, 0.2) is 0 Å². The maximum absolute atomic E-state index is 11.9. The van der Waals surface area contributed by atoms with Crippen LogP contribution in [0.15, 0.2) is 48.5 Å². The number of amides is 2. The Kier molecular flexibility index (Phi) is 4.72. The maximum atomic E-state index is 11.9. The largest absolute Gasteiger partial charge is 0.343 e. The fourth-order valence-electron chi connectivity index (χ4n) is 1.96. The van der Waals surface area contributed by atoms with Crippen molar-refractivity contribution in [2.24, 2.45) is 0 Å². The summed E-state index contributed by atoms with van der Waals surface area (Å²) in [4.78, 5) is 23.8. The minimum atomic E-state index is -0.251. The van der Waals surface area contributed by atoms with E-state index in [4.69, 9.17) is 0 Å². The van der Waals surface area contributed by atoms with E-state index < -0.39 is 0 Å². The van der Waals surface area contributed by atoms with Gasteiger partial charge in [-0.25, -0.2) is 0 Å². The molecule has 0 radical (unpaired) electrons. The monoisotopic (exact) mass is 282 g/mol. The molecule has 0 heterocycles. The van der Waals surface area contributed by atoms with Gasteiger partial charge in [-0.3, -0.25) is 9.59 Å². The molecule has 0 aliphatic carbocycles. The zero-order valence-electron chi connectivity index (χ0n) is 12.1. The van der Waals surface area contributed by atoms with E-state index in [2.05, 4.69) is 10.6 Å². The molecular weight excluding hydrogens is 264 g/mol. The second-order valence-electron chi connectivity index (χ2n) is 4.92. The van der Waals surface area contributed by atoms with Gasteiger partial charge >= 0.3 is 0 Å². The molecule has 0 saturated heterocycles. The van der Waals surface area contributed by atoms with Crippen molar-refractivity contribution in [1.82, 2.24) is 5.32 Å². The number of aryl methyl sites for hydroxylation is 2. The van der Waals surface area contributed by atoms with E-state index in [-0.39, 0.29) is 18.4 Å². The fraction of sp³-hybridized carbons (Fsp3) is 0.176. The zero-order valence-corrected chi connectivity index (χ0v) is 12.1. The van der Waals surface area contributed by atoms with Gasteiger partial charge in [0.2, 0.25) is 5.91 Å². The van der Waals surface area contributed by atoms with Crippen LogP contribution in [0.1, 0.15) is 21.5 Å². The Bertz CT molecular complexity index is 665. The molecule has 0 fully saturated rings. The molecule has 2 N–H and O–H groups in total. The molecule has 0 spiro atoms. The molecule has 21 heavy (non-hydrogen) atoms. The lowest BCUT2D eigenvalue weighted by molar-refractivity contribution is -0.115. The molecular formula is C17H18N2O2. The van der Waals surface area contributed by atoms with Crippen LogP contribution in [0.4, 0.5) is 5.69 Å². The lowest BCUT2D eigenvalue weighted by Gasteiger charge is -2.09. The predicted molar refractivity (Wildman–Crippen MR) is 83.3 cm³/mol. The summed E-state index contributed by atoms with van der Waals surface area (Å²) >= 11 is 0. The SMILES string of the molecule is Cc1cccc(C(=O)NCC(=O)Nc2ccccc2C)c1. The minimum Gasteiger partial charge on any atom is -0.343 e. The highest BCUT2D eigenvalue weighted by atomic mass is 16.2. The normalized spacial score (nSPS) is 10.0. The molecule has 4 heteroatoms. The first-order chi connectivity index (χ1) is 10.1. The van der Waals surface area contributed by atoms with Gasteiger partial charge in [0, 0.05) is 11.3 Å². The number of anilines is 1. The van der Waals surface area contributed by atoms with Crippen molar-refractivity contribution in [2.45, 2.75) is 13.8 Å². The van der Waals surface area contributed by atoms with E-state index in [1.54, 1.807) is 12.1 Å². The molecule has 0 saturated carbocycles. The van der Waals surface area contributed by atoms with E-state index in [0.717, 1.165) is 16.8 Å². The van der Waals surface area contributed by atoms with E-state index in [0.29, 0.717) is 5.56 Å². The van der Waals surface area contributed by atoms with Crippen LogP contribution in [-0.4, -0.2) is 18.4 Å². The summed E-state index contributed by atoms with van der Waals surface area (Å²) in [5.41, 5.74) is 3.30. The Morgan fingerprint density at radius 2 is 1.76 bits per heavy atom.